The second-order valence-electron chi connectivity index (χ2n) is 10.8. The smallest absolute Gasteiger partial charge is 0.174 e. The van der Waals surface area contributed by atoms with E-state index in [-0.39, 0.29) is 34.7 Å². The number of ether oxygens (including phenoxy) is 1. The van der Waals surface area contributed by atoms with Crippen LogP contribution in [-0.2, 0) is 26.2 Å². The molecule has 4 fully saturated rings. The summed E-state index contributed by atoms with van der Waals surface area (Å²) in [6, 6.07) is 3.72. The zero-order valence-electron chi connectivity index (χ0n) is 19.0. The highest BCUT2D eigenvalue weighted by Gasteiger charge is 2.79. The van der Waals surface area contributed by atoms with Gasteiger partial charge in [-0.3, -0.25) is 14.4 Å². The van der Waals surface area contributed by atoms with Crippen molar-refractivity contribution in [2.24, 2.45) is 5.92 Å². The molecule has 1 aromatic carbocycles. The number of phenolic OH excluding ortho intramolecular Hbond substituents is 1. The van der Waals surface area contributed by atoms with Gasteiger partial charge in [0.25, 0.3) is 0 Å². The second kappa shape index (κ2) is 5.99. The van der Waals surface area contributed by atoms with E-state index in [1.54, 1.807) is 6.07 Å². The van der Waals surface area contributed by atoms with Crippen LogP contribution in [0.5, 0.6) is 11.5 Å². The van der Waals surface area contributed by atoms with Crippen molar-refractivity contribution in [3.05, 3.63) is 34.7 Å². The Morgan fingerprint density at radius 1 is 1.18 bits per heavy atom. The van der Waals surface area contributed by atoms with E-state index >= 15 is 0 Å². The van der Waals surface area contributed by atoms with Gasteiger partial charge in [-0.25, -0.2) is 0 Å². The Balaban J connectivity index is 1.54. The maximum absolute atomic E-state index is 13.2. The molecule has 7 nitrogen and oxygen atoms in total. The number of rotatable bonds is 4. The standard InChI is InChI=1S/C26H28N2O5/c1-13(29)20(14(2)30)24-27(12-15-3-4-15)19-11-16-5-6-17(31)22-21(16)25-9-10-28(24)26(19,25)8-7-18(32)23(25)33-22/h5-6,15,19,23,31H,3-4,7-12H2,1-2H3/t19?,23?,25-,26+/m0/s1. The van der Waals surface area contributed by atoms with Crippen LogP contribution in [0.15, 0.2) is 23.5 Å². The highest BCUT2D eigenvalue weighted by molar-refractivity contribution is 6.19. The van der Waals surface area contributed by atoms with E-state index in [2.05, 4.69) is 9.80 Å². The maximum Gasteiger partial charge on any atom is 0.174 e. The molecule has 4 atom stereocenters. The van der Waals surface area contributed by atoms with Crippen molar-refractivity contribution in [3.63, 3.8) is 0 Å². The zero-order valence-corrected chi connectivity index (χ0v) is 19.0. The molecule has 1 aromatic rings. The third kappa shape index (κ3) is 2.06. The van der Waals surface area contributed by atoms with Gasteiger partial charge in [-0.15, -0.1) is 0 Å². The van der Waals surface area contributed by atoms with Crippen LogP contribution in [0.25, 0.3) is 0 Å². The number of nitrogens with zero attached hydrogens (tertiary/aromatic N) is 2. The lowest BCUT2D eigenvalue weighted by molar-refractivity contribution is -0.136. The summed E-state index contributed by atoms with van der Waals surface area (Å²) < 4.78 is 6.29. The number of aromatic hydroxyl groups is 1. The van der Waals surface area contributed by atoms with E-state index < -0.39 is 17.1 Å². The van der Waals surface area contributed by atoms with Crippen LogP contribution < -0.4 is 4.74 Å². The average Bonchev–Trinajstić information content (AvgIpc) is 3.32. The quantitative estimate of drug-likeness (QED) is 0.429. The van der Waals surface area contributed by atoms with Crippen LogP contribution in [0.3, 0.4) is 0 Å². The lowest BCUT2D eigenvalue weighted by Crippen LogP contribution is -2.70. The first-order valence-electron chi connectivity index (χ1n) is 12.2. The Morgan fingerprint density at radius 2 is 1.94 bits per heavy atom. The molecule has 2 saturated carbocycles. The van der Waals surface area contributed by atoms with Crippen molar-refractivity contribution in [3.8, 4) is 11.5 Å². The minimum atomic E-state index is -0.624. The van der Waals surface area contributed by atoms with Gasteiger partial charge >= 0.3 is 0 Å². The third-order valence-electron chi connectivity index (χ3n) is 9.33. The molecule has 2 unspecified atom stereocenters. The number of phenols is 1. The van der Waals surface area contributed by atoms with Crippen LogP contribution in [0.1, 0.15) is 57.1 Å². The number of carbonyl (C=O) groups excluding carboxylic acids is 3. The van der Waals surface area contributed by atoms with Crippen LogP contribution in [0.2, 0.25) is 0 Å². The van der Waals surface area contributed by atoms with Crippen molar-refractivity contribution < 1.29 is 24.2 Å². The lowest BCUT2D eigenvalue weighted by atomic mass is 9.51. The summed E-state index contributed by atoms with van der Waals surface area (Å²) in [4.78, 5) is 43.5. The first kappa shape index (κ1) is 19.6. The van der Waals surface area contributed by atoms with Gasteiger partial charge in [0, 0.05) is 25.1 Å². The Hall–Kier alpha value is -2.83. The summed E-state index contributed by atoms with van der Waals surface area (Å²) in [5, 5.41) is 10.7. The molecule has 3 aliphatic carbocycles. The van der Waals surface area contributed by atoms with E-state index in [1.807, 2.05) is 6.07 Å². The predicted octanol–water partition coefficient (Wildman–Crippen LogP) is 2.24. The van der Waals surface area contributed by atoms with Gasteiger partial charge in [0.1, 0.15) is 11.4 Å². The van der Waals surface area contributed by atoms with E-state index in [9.17, 15) is 19.5 Å². The minimum Gasteiger partial charge on any atom is -0.504 e. The molecule has 172 valence electrons. The molecule has 0 amide bonds. The van der Waals surface area contributed by atoms with Crippen LogP contribution in [-0.4, -0.2) is 63.0 Å². The first-order valence-corrected chi connectivity index (χ1v) is 12.2. The molecular weight excluding hydrogens is 420 g/mol. The van der Waals surface area contributed by atoms with Gasteiger partial charge in [0.2, 0.25) is 0 Å². The van der Waals surface area contributed by atoms with Crippen LogP contribution in [0, 0.1) is 5.92 Å². The molecule has 1 N–H and O–H groups in total. The van der Waals surface area contributed by atoms with E-state index in [0.29, 0.717) is 37.5 Å². The molecule has 0 radical (unpaired) electrons. The van der Waals surface area contributed by atoms with Crippen molar-refractivity contribution in [2.45, 2.75) is 75.5 Å². The van der Waals surface area contributed by atoms with Crippen LogP contribution in [0.4, 0.5) is 0 Å². The molecule has 2 spiro atoms. The number of hydrogen-bond donors (Lipinski definition) is 1. The van der Waals surface area contributed by atoms with Gasteiger partial charge in [-0.05, 0) is 63.5 Å². The summed E-state index contributed by atoms with van der Waals surface area (Å²) in [7, 11) is 0. The van der Waals surface area contributed by atoms with Gasteiger partial charge in [-0.1, -0.05) is 6.07 Å². The van der Waals surface area contributed by atoms with Crippen molar-refractivity contribution in [2.75, 3.05) is 13.1 Å². The lowest BCUT2D eigenvalue weighted by Gasteiger charge is -2.55. The highest BCUT2D eigenvalue weighted by Crippen LogP contribution is 2.70. The van der Waals surface area contributed by atoms with Crippen molar-refractivity contribution >= 4 is 17.3 Å². The SMILES string of the molecule is CC(=O)C(C(C)=O)=C1N(CC2CC2)C2Cc3ccc(O)c4c3[C@]35CCN1[C@]23CCC(=O)C5O4. The minimum absolute atomic E-state index is 0.0616. The number of carbonyl (C=O) groups is 3. The highest BCUT2D eigenvalue weighted by atomic mass is 16.5. The van der Waals surface area contributed by atoms with Crippen LogP contribution >= 0.6 is 0 Å². The molecule has 6 aliphatic rings. The Kier molecular flexibility index (Phi) is 3.56. The topological polar surface area (TPSA) is 87.2 Å². The van der Waals surface area contributed by atoms with Crippen molar-refractivity contribution in [1.82, 2.24) is 9.80 Å². The molecule has 2 saturated heterocycles. The molecule has 7 heteroatoms. The number of ketones is 3. The summed E-state index contributed by atoms with van der Waals surface area (Å²) in [6.45, 7) is 4.47. The summed E-state index contributed by atoms with van der Waals surface area (Å²) in [5.41, 5.74) is 1.43. The normalized spacial score (nSPS) is 34.8. The fourth-order valence-electron chi connectivity index (χ4n) is 8.15. The van der Waals surface area contributed by atoms with Gasteiger partial charge in [0.15, 0.2) is 35.0 Å². The molecule has 7 rings (SSSR count). The third-order valence-corrected chi connectivity index (χ3v) is 9.33. The number of allylic oxidation sites excluding steroid dienone is 1. The summed E-state index contributed by atoms with van der Waals surface area (Å²) >= 11 is 0. The summed E-state index contributed by atoms with van der Waals surface area (Å²) in [5.74, 6) is 1.61. The summed E-state index contributed by atoms with van der Waals surface area (Å²) in [6.07, 6.45) is 4.27. The number of benzene rings is 1. The number of hydrogen-bond acceptors (Lipinski definition) is 7. The van der Waals surface area contributed by atoms with Gasteiger partial charge in [0.05, 0.1) is 17.0 Å². The Morgan fingerprint density at radius 3 is 2.64 bits per heavy atom. The Bertz CT molecular complexity index is 1180. The fourth-order valence-corrected chi connectivity index (χ4v) is 8.15. The van der Waals surface area contributed by atoms with E-state index in [1.165, 1.54) is 26.7 Å². The predicted molar refractivity (Wildman–Crippen MR) is 118 cm³/mol. The molecule has 33 heavy (non-hydrogen) atoms. The van der Waals surface area contributed by atoms with Gasteiger partial charge in [-0.2, -0.15) is 0 Å². The number of Topliss-reactive ketones (excluding diaryl/α,β-unsaturated/α-hetero) is 3. The molecular formula is C26H28N2O5. The molecule has 3 heterocycles. The van der Waals surface area contributed by atoms with Crippen molar-refractivity contribution in [1.29, 1.82) is 0 Å². The van der Waals surface area contributed by atoms with Gasteiger partial charge < -0.3 is 19.6 Å². The van der Waals surface area contributed by atoms with E-state index in [0.717, 1.165) is 29.9 Å². The fraction of sp³-hybridized carbons (Fsp3) is 0.577. The molecule has 0 bridgehead atoms. The molecule has 0 aromatic heterocycles. The second-order valence-corrected chi connectivity index (χ2v) is 10.8. The zero-order chi connectivity index (χ0) is 22.9. The molecule has 3 aliphatic heterocycles. The first-order chi connectivity index (χ1) is 15.8. The Labute approximate surface area is 192 Å². The average molecular weight is 449 g/mol. The maximum atomic E-state index is 13.2. The largest absolute Gasteiger partial charge is 0.504 e. The monoisotopic (exact) mass is 448 g/mol. The van der Waals surface area contributed by atoms with E-state index in [4.69, 9.17) is 4.74 Å².